The van der Waals surface area contributed by atoms with E-state index in [1.165, 1.54) is 36.1 Å². The summed E-state index contributed by atoms with van der Waals surface area (Å²) in [5.74, 6) is 1.07. The van der Waals surface area contributed by atoms with Crippen molar-refractivity contribution in [1.82, 2.24) is 14.7 Å². The van der Waals surface area contributed by atoms with E-state index in [2.05, 4.69) is 47.7 Å². The zero-order valence-electron chi connectivity index (χ0n) is 15.8. The SMILES string of the molecule is CCC1c2cc(OC)c(CN3CCN(C)CC3)cc2CCN1CC. The number of likely N-dealkylation sites (N-methyl/N-ethyl adjacent to an activating group) is 2. The smallest absolute Gasteiger partial charge is 0.123 e. The minimum atomic E-state index is 0.547. The first-order valence-electron chi connectivity index (χ1n) is 9.50. The Morgan fingerprint density at radius 3 is 2.46 bits per heavy atom. The van der Waals surface area contributed by atoms with Crippen LogP contribution >= 0.6 is 0 Å². The van der Waals surface area contributed by atoms with E-state index in [0.29, 0.717) is 6.04 Å². The highest BCUT2D eigenvalue weighted by Gasteiger charge is 2.27. The van der Waals surface area contributed by atoms with Gasteiger partial charge in [0, 0.05) is 50.9 Å². The molecule has 24 heavy (non-hydrogen) atoms. The Morgan fingerprint density at radius 2 is 1.83 bits per heavy atom. The first-order chi connectivity index (χ1) is 11.7. The van der Waals surface area contributed by atoms with Crippen molar-refractivity contribution >= 4 is 0 Å². The van der Waals surface area contributed by atoms with Gasteiger partial charge >= 0.3 is 0 Å². The maximum absolute atomic E-state index is 5.78. The molecule has 0 N–H and O–H groups in total. The molecule has 0 aromatic heterocycles. The summed E-state index contributed by atoms with van der Waals surface area (Å²) in [6.07, 6.45) is 2.33. The number of ether oxygens (including phenoxy) is 1. The lowest BCUT2D eigenvalue weighted by molar-refractivity contribution is 0.147. The molecule has 2 heterocycles. The van der Waals surface area contributed by atoms with E-state index < -0.39 is 0 Å². The molecule has 1 unspecified atom stereocenters. The summed E-state index contributed by atoms with van der Waals surface area (Å²) < 4.78 is 5.78. The summed E-state index contributed by atoms with van der Waals surface area (Å²) in [4.78, 5) is 7.57. The Bertz CT molecular complexity index is 552. The molecule has 0 spiro atoms. The molecule has 1 saturated heterocycles. The molecule has 3 rings (SSSR count). The lowest BCUT2D eigenvalue weighted by Crippen LogP contribution is -2.44. The standard InChI is InChI=1S/C20H33N3O/c1-5-19-18-14-20(24-4)17(13-16(18)7-8-23(19)6-2)15-22-11-9-21(3)10-12-22/h13-14,19H,5-12,15H2,1-4H3. The van der Waals surface area contributed by atoms with Crippen LogP contribution in [0.5, 0.6) is 5.75 Å². The van der Waals surface area contributed by atoms with Crippen molar-refractivity contribution in [3.63, 3.8) is 0 Å². The van der Waals surface area contributed by atoms with Crippen LogP contribution in [0.1, 0.15) is 43.0 Å². The second kappa shape index (κ2) is 7.85. The van der Waals surface area contributed by atoms with Gasteiger partial charge in [0.2, 0.25) is 0 Å². The van der Waals surface area contributed by atoms with E-state index in [-0.39, 0.29) is 0 Å². The third-order valence-corrected chi connectivity index (χ3v) is 5.79. The van der Waals surface area contributed by atoms with Crippen LogP contribution in [0.2, 0.25) is 0 Å². The highest BCUT2D eigenvalue weighted by molar-refractivity contribution is 5.45. The van der Waals surface area contributed by atoms with Crippen molar-refractivity contribution < 1.29 is 4.74 Å². The van der Waals surface area contributed by atoms with Gasteiger partial charge in [-0.2, -0.15) is 0 Å². The first-order valence-corrected chi connectivity index (χ1v) is 9.50. The number of benzene rings is 1. The molecule has 2 aliphatic rings. The lowest BCUT2D eigenvalue weighted by atomic mass is 9.89. The Morgan fingerprint density at radius 1 is 1.08 bits per heavy atom. The van der Waals surface area contributed by atoms with Gasteiger partial charge in [0.05, 0.1) is 7.11 Å². The van der Waals surface area contributed by atoms with Gasteiger partial charge in [-0.15, -0.1) is 0 Å². The second-order valence-electron chi connectivity index (χ2n) is 7.24. The Kier molecular flexibility index (Phi) is 5.80. The van der Waals surface area contributed by atoms with Crippen LogP contribution < -0.4 is 4.74 Å². The van der Waals surface area contributed by atoms with Gasteiger partial charge in [0.15, 0.2) is 0 Å². The summed E-state index contributed by atoms with van der Waals surface area (Å²) in [6, 6.07) is 5.31. The van der Waals surface area contributed by atoms with E-state index in [4.69, 9.17) is 4.74 Å². The maximum Gasteiger partial charge on any atom is 0.123 e. The zero-order chi connectivity index (χ0) is 17.1. The third kappa shape index (κ3) is 3.61. The van der Waals surface area contributed by atoms with E-state index in [1.807, 2.05) is 7.11 Å². The number of methoxy groups -OCH3 is 1. The van der Waals surface area contributed by atoms with Crippen molar-refractivity contribution in [2.75, 3.05) is 53.4 Å². The highest BCUT2D eigenvalue weighted by Crippen LogP contribution is 2.36. The summed E-state index contributed by atoms with van der Waals surface area (Å²) in [6.45, 7) is 12.5. The summed E-state index contributed by atoms with van der Waals surface area (Å²) in [5.41, 5.74) is 4.39. The van der Waals surface area contributed by atoms with E-state index in [1.54, 1.807) is 0 Å². The Hall–Kier alpha value is -1.10. The van der Waals surface area contributed by atoms with Crippen molar-refractivity contribution in [1.29, 1.82) is 0 Å². The van der Waals surface area contributed by atoms with Crippen molar-refractivity contribution in [3.8, 4) is 5.75 Å². The molecule has 1 fully saturated rings. The predicted molar refractivity (Wildman–Crippen MR) is 99.8 cm³/mol. The quantitative estimate of drug-likeness (QED) is 0.826. The zero-order valence-corrected chi connectivity index (χ0v) is 15.8. The third-order valence-electron chi connectivity index (χ3n) is 5.79. The molecule has 0 saturated carbocycles. The van der Waals surface area contributed by atoms with Crippen LogP contribution in [-0.2, 0) is 13.0 Å². The van der Waals surface area contributed by atoms with Gasteiger partial charge in [-0.25, -0.2) is 0 Å². The van der Waals surface area contributed by atoms with Crippen LogP contribution in [0.3, 0.4) is 0 Å². The van der Waals surface area contributed by atoms with Crippen LogP contribution in [0.15, 0.2) is 12.1 Å². The van der Waals surface area contributed by atoms with Gasteiger partial charge < -0.3 is 9.64 Å². The molecule has 1 aromatic rings. The largest absolute Gasteiger partial charge is 0.496 e. The van der Waals surface area contributed by atoms with Crippen LogP contribution in [-0.4, -0.2) is 68.1 Å². The number of piperazine rings is 1. The second-order valence-corrected chi connectivity index (χ2v) is 7.24. The fourth-order valence-corrected chi connectivity index (χ4v) is 4.25. The van der Waals surface area contributed by atoms with Crippen molar-refractivity contribution in [2.45, 2.75) is 39.3 Å². The Balaban J connectivity index is 1.84. The lowest BCUT2D eigenvalue weighted by Gasteiger charge is -2.37. The predicted octanol–water partition coefficient (Wildman–Crippen LogP) is 2.77. The monoisotopic (exact) mass is 331 g/mol. The number of rotatable bonds is 5. The van der Waals surface area contributed by atoms with Gasteiger partial charge in [-0.1, -0.05) is 19.9 Å². The van der Waals surface area contributed by atoms with Crippen molar-refractivity contribution in [3.05, 3.63) is 28.8 Å². The summed E-state index contributed by atoms with van der Waals surface area (Å²) in [7, 11) is 4.03. The molecule has 4 nitrogen and oxygen atoms in total. The fourth-order valence-electron chi connectivity index (χ4n) is 4.25. The Labute approximate surface area is 147 Å². The molecule has 0 aliphatic carbocycles. The number of fused-ring (bicyclic) bond motifs is 1. The normalized spacial score (nSPS) is 23.2. The van der Waals surface area contributed by atoms with Gasteiger partial charge in [0.25, 0.3) is 0 Å². The van der Waals surface area contributed by atoms with Gasteiger partial charge in [0.1, 0.15) is 5.75 Å². The molecular formula is C20H33N3O. The highest BCUT2D eigenvalue weighted by atomic mass is 16.5. The fraction of sp³-hybridized carbons (Fsp3) is 0.700. The minimum Gasteiger partial charge on any atom is -0.496 e. The number of nitrogens with zero attached hydrogens (tertiary/aromatic N) is 3. The average molecular weight is 332 g/mol. The number of hydrogen-bond acceptors (Lipinski definition) is 4. The van der Waals surface area contributed by atoms with Crippen LogP contribution in [0.4, 0.5) is 0 Å². The molecular weight excluding hydrogens is 298 g/mol. The maximum atomic E-state index is 5.78. The molecule has 134 valence electrons. The molecule has 0 radical (unpaired) electrons. The molecule has 1 aromatic carbocycles. The minimum absolute atomic E-state index is 0.547. The van der Waals surface area contributed by atoms with Crippen LogP contribution in [0, 0.1) is 0 Å². The molecule has 0 bridgehead atoms. The summed E-state index contributed by atoms with van der Waals surface area (Å²) in [5, 5.41) is 0. The molecule has 0 amide bonds. The van der Waals surface area contributed by atoms with E-state index in [0.717, 1.165) is 45.0 Å². The van der Waals surface area contributed by atoms with E-state index >= 15 is 0 Å². The average Bonchev–Trinajstić information content (AvgIpc) is 2.61. The molecule has 1 atom stereocenters. The van der Waals surface area contributed by atoms with E-state index in [9.17, 15) is 0 Å². The summed E-state index contributed by atoms with van der Waals surface area (Å²) >= 11 is 0. The van der Waals surface area contributed by atoms with Gasteiger partial charge in [-0.05, 0) is 43.6 Å². The van der Waals surface area contributed by atoms with Crippen LogP contribution in [0.25, 0.3) is 0 Å². The van der Waals surface area contributed by atoms with Gasteiger partial charge in [-0.3, -0.25) is 9.80 Å². The topological polar surface area (TPSA) is 19.0 Å². The molecule has 2 aliphatic heterocycles. The van der Waals surface area contributed by atoms with Crippen molar-refractivity contribution in [2.24, 2.45) is 0 Å². The molecule has 4 heteroatoms. The first kappa shape index (κ1) is 17.7. The number of hydrogen-bond donors (Lipinski definition) is 0.